The average Bonchev–Trinajstić information content (AvgIpc) is 2.44. The molecule has 1 aromatic carbocycles. The number of hydrogen-bond acceptors (Lipinski definition) is 3. The van der Waals surface area contributed by atoms with Gasteiger partial charge in [-0.3, -0.25) is 0 Å². The summed E-state index contributed by atoms with van der Waals surface area (Å²) in [6, 6.07) is 1.87. The van der Waals surface area contributed by atoms with Crippen LogP contribution in [-0.2, 0) is 6.18 Å². The second-order valence-electron chi connectivity index (χ2n) is 2.80. The first-order valence-corrected chi connectivity index (χ1v) is 4.98. The number of thiol groups is 1. The zero-order valence-corrected chi connectivity index (χ0v) is 9.45. The molecule has 0 aliphatic heterocycles. The smallest absolute Gasteiger partial charge is 0.416 e. The standard InChI is InChI=1S/C8H3BrF3NOS/c9-4-1-3(8(10,11)12)2-5-6(4)14-7(15)13-5/h1-2H,(H,13,15). The minimum atomic E-state index is -4.40. The summed E-state index contributed by atoms with van der Waals surface area (Å²) in [6.45, 7) is 0. The van der Waals surface area contributed by atoms with Crippen LogP contribution in [0.5, 0.6) is 0 Å². The summed E-state index contributed by atoms with van der Waals surface area (Å²) in [5.74, 6) is 0. The van der Waals surface area contributed by atoms with Gasteiger partial charge in [0.2, 0.25) is 0 Å². The molecule has 0 radical (unpaired) electrons. The van der Waals surface area contributed by atoms with Crippen molar-refractivity contribution >= 4 is 39.7 Å². The quantitative estimate of drug-likeness (QED) is 0.747. The van der Waals surface area contributed by atoms with E-state index in [1.54, 1.807) is 0 Å². The number of oxazole rings is 1. The molecule has 80 valence electrons. The van der Waals surface area contributed by atoms with E-state index in [4.69, 9.17) is 4.42 Å². The first-order valence-electron chi connectivity index (χ1n) is 3.74. The molecule has 0 fully saturated rings. The largest absolute Gasteiger partial charge is 0.430 e. The maximum absolute atomic E-state index is 12.4. The first-order chi connectivity index (χ1) is 6.88. The molecule has 0 aliphatic carbocycles. The minimum absolute atomic E-state index is 0.0324. The van der Waals surface area contributed by atoms with Crippen LogP contribution < -0.4 is 0 Å². The molecule has 0 bridgehead atoms. The normalized spacial score (nSPS) is 12.3. The van der Waals surface area contributed by atoms with Gasteiger partial charge in [-0.15, -0.1) is 0 Å². The van der Waals surface area contributed by atoms with Crippen molar-refractivity contribution < 1.29 is 17.6 Å². The van der Waals surface area contributed by atoms with Crippen LogP contribution in [-0.4, -0.2) is 4.98 Å². The molecule has 0 amide bonds. The number of nitrogens with zero attached hydrogens (tertiary/aromatic N) is 1. The van der Waals surface area contributed by atoms with Crippen LogP contribution in [0.25, 0.3) is 11.1 Å². The van der Waals surface area contributed by atoms with E-state index in [0.717, 1.165) is 12.1 Å². The lowest BCUT2D eigenvalue weighted by Crippen LogP contribution is -2.04. The van der Waals surface area contributed by atoms with Crippen LogP contribution in [0, 0.1) is 0 Å². The van der Waals surface area contributed by atoms with Gasteiger partial charge in [-0.2, -0.15) is 13.2 Å². The summed E-state index contributed by atoms with van der Waals surface area (Å²) in [7, 11) is 0. The highest BCUT2D eigenvalue weighted by molar-refractivity contribution is 9.10. The summed E-state index contributed by atoms with van der Waals surface area (Å²) in [4.78, 5) is 3.72. The zero-order chi connectivity index (χ0) is 11.2. The van der Waals surface area contributed by atoms with Gasteiger partial charge in [0, 0.05) is 0 Å². The van der Waals surface area contributed by atoms with Gasteiger partial charge in [-0.1, -0.05) is 12.6 Å². The molecule has 15 heavy (non-hydrogen) atoms. The van der Waals surface area contributed by atoms with Crippen molar-refractivity contribution in [1.82, 2.24) is 4.98 Å². The molecular weight excluding hydrogens is 295 g/mol. The predicted molar refractivity (Wildman–Crippen MR) is 54.0 cm³/mol. The summed E-state index contributed by atoms with van der Waals surface area (Å²) in [6.07, 6.45) is -4.40. The van der Waals surface area contributed by atoms with Crippen molar-refractivity contribution in [1.29, 1.82) is 0 Å². The summed E-state index contributed by atoms with van der Waals surface area (Å²) < 4.78 is 42.4. The van der Waals surface area contributed by atoms with Gasteiger partial charge >= 0.3 is 6.18 Å². The lowest BCUT2D eigenvalue weighted by atomic mass is 10.2. The van der Waals surface area contributed by atoms with Crippen LogP contribution in [0.1, 0.15) is 5.56 Å². The molecule has 1 aromatic heterocycles. The summed E-state index contributed by atoms with van der Waals surface area (Å²) in [5.41, 5.74) is -0.391. The second kappa shape index (κ2) is 3.41. The number of rotatable bonds is 0. The van der Waals surface area contributed by atoms with Crippen LogP contribution >= 0.6 is 28.6 Å². The molecule has 2 rings (SSSR count). The van der Waals surface area contributed by atoms with Crippen molar-refractivity contribution in [3.05, 3.63) is 22.2 Å². The number of benzene rings is 1. The second-order valence-corrected chi connectivity index (χ2v) is 4.04. The molecule has 0 aliphatic rings. The topological polar surface area (TPSA) is 26.0 Å². The van der Waals surface area contributed by atoms with E-state index in [1.165, 1.54) is 0 Å². The van der Waals surface area contributed by atoms with Crippen LogP contribution in [0.4, 0.5) is 13.2 Å². The third kappa shape index (κ3) is 1.98. The molecule has 2 nitrogen and oxygen atoms in total. The van der Waals surface area contributed by atoms with Gasteiger partial charge in [-0.25, -0.2) is 4.98 Å². The Morgan fingerprint density at radius 2 is 2.00 bits per heavy atom. The molecule has 0 saturated heterocycles. The SMILES string of the molecule is FC(F)(F)c1cc(Br)c2oc(S)nc2c1. The number of alkyl halides is 3. The number of aromatic nitrogens is 1. The van der Waals surface area contributed by atoms with Crippen LogP contribution in [0.3, 0.4) is 0 Å². The molecule has 7 heteroatoms. The fraction of sp³-hybridized carbons (Fsp3) is 0.125. The van der Waals surface area contributed by atoms with Gasteiger partial charge in [0.25, 0.3) is 5.22 Å². The van der Waals surface area contributed by atoms with Crippen molar-refractivity contribution in [2.45, 2.75) is 11.4 Å². The highest BCUT2D eigenvalue weighted by Gasteiger charge is 2.31. The Bertz CT molecular complexity index is 522. The van der Waals surface area contributed by atoms with E-state index in [2.05, 4.69) is 33.5 Å². The molecular formula is C8H3BrF3NOS. The third-order valence-electron chi connectivity index (χ3n) is 1.76. The van der Waals surface area contributed by atoms with E-state index in [9.17, 15) is 13.2 Å². The third-order valence-corrected chi connectivity index (χ3v) is 2.54. The van der Waals surface area contributed by atoms with E-state index in [0.29, 0.717) is 0 Å². The van der Waals surface area contributed by atoms with Gasteiger partial charge in [-0.05, 0) is 28.1 Å². The van der Waals surface area contributed by atoms with Crippen molar-refractivity contribution in [2.24, 2.45) is 0 Å². The number of fused-ring (bicyclic) bond motifs is 1. The highest BCUT2D eigenvalue weighted by atomic mass is 79.9. The van der Waals surface area contributed by atoms with Gasteiger partial charge in [0.15, 0.2) is 5.58 Å². The van der Waals surface area contributed by atoms with Crippen LogP contribution in [0.15, 0.2) is 26.2 Å². The predicted octanol–water partition coefficient (Wildman–Crippen LogP) is 3.90. The molecule has 0 N–H and O–H groups in total. The Hall–Kier alpha value is -0.690. The Kier molecular flexibility index (Phi) is 2.46. The molecule has 0 unspecified atom stereocenters. The van der Waals surface area contributed by atoms with Crippen LogP contribution in [0.2, 0.25) is 0 Å². The monoisotopic (exact) mass is 297 g/mol. The Morgan fingerprint density at radius 1 is 1.33 bits per heavy atom. The van der Waals surface area contributed by atoms with E-state index in [-0.39, 0.29) is 20.8 Å². The van der Waals surface area contributed by atoms with Crippen molar-refractivity contribution in [3.63, 3.8) is 0 Å². The Balaban J connectivity index is 2.72. The van der Waals surface area contributed by atoms with E-state index < -0.39 is 11.7 Å². The first kappa shape index (κ1) is 10.8. The average molecular weight is 298 g/mol. The number of halogens is 4. The maximum Gasteiger partial charge on any atom is 0.416 e. The molecule has 0 atom stereocenters. The molecule has 1 heterocycles. The molecule has 2 aromatic rings. The Labute approximate surface area is 96.0 Å². The van der Waals surface area contributed by atoms with Crippen molar-refractivity contribution in [3.8, 4) is 0 Å². The summed E-state index contributed by atoms with van der Waals surface area (Å²) in [5, 5.41) is 0.0324. The van der Waals surface area contributed by atoms with Crippen molar-refractivity contribution in [2.75, 3.05) is 0 Å². The zero-order valence-electron chi connectivity index (χ0n) is 6.97. The lowest BCUT2D eigenvalue weighted by Gasteiger charge is -2.06. The van der Waals surface area contributed by atoms with E-state index in [1.807, 2.05) is 0 Å². The lowest BCUT2D eigenvalue weighted by molar-refractivity contribution is -0.137. The van der Waals surface area contributed by atoms with Gasteiger partial charge in [0.05, 0.1) is 10.0 Å². The van der Waals surface area contributed by atoms with E-state index >= 15 is 0 Å². The van der Waals surface area contributed by atoms with Gasteiger partial charge in [0.1, 0.15) is 5.52 Å². The molecule has 0 saturated carbocycles. The van der Waals surface area contributed by atoms with Gasteiger partial charge < -0.3 is 4.42 Å². The highest BCUT2D eigenvalue weighted by Crippen LogP contribution is 2.35. The molecule has 0 spiro atoms. The minimum Gasteiger partial charge on any atom is -0.430 e. The Morgan fingerprint density at radius 3 is 2.60 bits per heavy atom. The number of hydrogen-bond donors (Lipinski definition) is 1. The fourth-order valence-electron chi connectivity index (χ4n) is 1.14. The fourth-order valence-corrected chi connectivity index (χ4v) is 1.87. The maximum atomic E-state index is 12.4. The summed E-state index contributed by atoms with van der Waals surface area (Å²) >= 11 is 6.80.